The van der Waals surface area contributed by atoms with Crippen LogP contribution >= 0.6 is 0 Å². The number of benzene rings is 2. The largest absolute Gasteiger partial charge is 0.507 e. The maximum atomic E-state index is 11.9. The molecule has 284 valence electrons. The number of aromatic carboxylic acids is 2. The summed E-state index contributed by atoms with van der Waals surface area (Å²) in [4.78, 5) is 23.7. The number of hydrogen-bond donors (Lipinski definition) is 5. The molecule has 0 aromatic heterocycles. The van der Waals surface area contributed by atoms with Crippen LogP contribution < -0.4 is 4.74 Å². The van der Waals surface area contributed by atoms with E-state index in [9.17, 15) is 35.1 Å². The minimum Gasteiger partial charge on any atom is -0.507 e. The Hall–Kier alpha value is -4.20. The third-order valence-corrected chi connectivity index (χ3v) is 11.4. The number of phenols is 3. The fourth-order valence-corrected chi connectivity index (χ4v) is 8.57. The Balaban J connectivity index is 0.000000233. The van der Waals surface area contributed by atoms with Crippen molar-refractivity contribution < 1.29 is 39.9 Å². The highest BCUT2D eigenvalue weighted by atomic mass is 16.5. The lowest BCUT2D eigenvalue weighted by Gasteiger charge is -2.46. The van der Waals surface area contributed by atoms with Gasteiger partial charge < -0.3 is 30.3 Å². The summed E-state index contributed by atoms with van der Waals surface area (Å²) in [6.07, 6.45) is 15.0. The van der Waals surface area contributed by atoms with E-state index in [1.54, 1.807) is 0 Å². The summed E-state index contributed by atoms with van der Waals surface area (Å²) in [6, 6.07) is 3.39. The smallest absolute Gasteiger partial charge is 0.339 e. The molecule has 2 aromatic rings. The lowest BCUT2D eigenvalue weighted by atomic mass is 9.67. The molecule has 0 fully saturated rings. The van der Waals surface area contributed by atoms with Crippen molar-refractivity contribution in [2.75, 3.05) is 0 Å². The first-order valence-corrected chi connectivity index (χ1v) is 19.2. The van der Waals surface area contributed by atoms with E-state index in [1.807, 2.05) is 26.0 Å². The van der Waals surface area contributed by atoms with Crippen LogP contribution in [0.2, 0.25) is 0 Å². The number of aromatic hydroxyl groups is 3. The number of carboxylic acid groups (broad SMARTS) is 2. The number of phenolic OH excluding ortho intramolecular Hbond substituents is 1. The Bertz CT molecular complexity index is 1730. The molecule has 8 heteroatoms. The molecule has 52 heavy (non-hydrogen) atoms. The molecule has 3 aliphatic rings. The maximum Gasteiger partial charge on any atom is 0.339 e. The molecule has 2 aromatic carbocycles. The molecule has 1 aliphatic heterocycles. The summed E-state index contributed by atoms with van der Waals surface area (Å²) >= 11 is 0. The fraction of sp³-hybridized carbons (Fsp3) is 0.545. The van der Waals surface area contributed by atoms with Crippen LogP contribution in [-0.4, -0.2) is 43.1 Å². The SMILES string of the molecule is C=C(C)[C@@H]1CCC(C)=C[C@H]1c1c(O)cc(CCCCC)c(C(=O)O)c1O.CCCCCc1cc2c(c(O)c1C(=O)O)[C@@H]1C=C(C)CC[C@H]1C(C)(C)O2. The van der Waals surface area contributed by atoms with Gasteiger partial charge in [0.1, 0.15) is 39.7 Å². The minimum absolute atomic E-state index is 0.00490. The fourth-order valence-electron chi connectivity index (χ4n) is 8.57. The van der Waals surface area contributed by atoms with Gasteiger partial charge in [0.2, 0.25) is 0 Å². The predicted octanol–water partition coefficient (Wildman–Crippen LogP) is 11.0. The highest BCUT2D eigenvalue weighted by Crippen LogP contribution is 2.54. The van der Waals surface area contributed by atoms with Crippen LogP contribution in [0.5, 0.6) is 23.0 Å². The Morgan fingerprint density at radius 2 is 1.29 bits per heavy atom. The summed E-state index contributed by atoms with van der Waals surface area (Å²) in [5.74, 6) is -1.94. The number of rotatable bonds is 12. The molecule has 0 saturated heterocycles. The summed E-state index contributed by atoms with van der Waals surface area (Å²) in [6.45, 7) is 18.5. The maximum absolute atomic E-state index is 11.9. The van der Waals surface area contributed by atoms with Crippen LogP contribution in [0.1, 0.15) is 167 Å². The molecule has 0 saturated carbocycles. The second kappa shape index (κ2) is 17.1. The standard InChI is InChI=1S/2C22H30O4/c1-5-6-7-8-14-12-17-19(20(23)18(14)21(24)25)15-11-13(2)9-10-16(15)22(3,4)26-17;1-5-6-7-8-15-12-18(23)20(21(24)19(15)22(25)26)17-11-14(4)9-10-16(17)13(2)3/h11-12,15-16,23H,5-10H2,1-4H3,(H,24,25);11-12,16-17,23-24H,2,5-10H2,1,3-4H3,(H,25,26)/t15-,16-;16-,17+/m10/s1. The number of carboxylic acids is 2. The second-order valence-electron chi connectivity index (χ2n) is 15.8. The van der Waals surface area contributed by atoms with Crippen molar-refractivity contribution in [3.63, 3.8) is 0 Å². The monoisotopic (exact) mass is 716 g/mol. The van der Waals surface area contributed by atoms with Crippen molar-refractivity contribution in [3.05, 3.63) is 81.0 Å². The number of carbonyl (C=O) groups is 2. The van der Waals surface area contributed by atoms with E-state index in [4.69, 9.17) is 4.74 Å². The number of ether oxygens (including phenoxy) is 1. The lowest BCUT2D eigenvalue weighted by Crippen LogP contribution is -2.45. The number of fused-ring (bicyclic) bond motifs is 3. The van der Waals surface area contributed by atoms with E-state index in [2.05, 4.69) is 47.3 Å². The van der Waals surface area contributed by atoms with Crippen LogP contribution in [0.4, 0.5) is 0 Å². The molecule has 1 heterocycles. The highest BCUT2D eigenvalue weighted by Gasteiger charge is 2.46. The zero-order valence-corrected chi connectivity index (χ0v) is 32.3. The first-order chi connectivity index (χ1) is 24.5. The van der Waals surface area contributed by atoms with Gasteiger partial charge in [-0.15, -0.1) is 0 Å². The molecule has 0 spiro atoms. The first-order valence-electron chi connectivity index (χ1n) is 19.2. The molecule has 4 atom stereocenters. The number of aryl methyl sites for hydroxylation is 2. The summed E-state index contributed by atoms with van der Waals surface area (Å²) in [7, 11) is 0. The number of unbranched alkanes of at least 4 members (excludes halogenated alkanes) is 4. The minimum atomic E-state index is -1.15. The molecule has 5 rings (SSSR count). The average Bonchev–Trinajstić information content (AvgIpc) is 3.04. The Kier molecular flexibility index (Phi) is 13.3. The van der Waals surface area contributed by atoms with Gasteiger partial charge in [-0.25, -0.2) is 9.59 Å². The Morgan fingerprint density at radius 1 is 0.788 bits per heavy atom. The quantitative estimate of drug-likeness (QED) is 0.108. The van der Waals surface area contributed by atoms with Crippen LogP contribution in [0.25, 0.3) is 0 Å². The van der Waals surface area contributed by atoms with E-state index in [0.29, 0.717) is 40.8 Å². The molecule has 0 bridgehead atoms. The molecule has 8 nitrogen and oxygen atoms in total. The first kappa shape index (κ1) is 40.6. The van der Waals surface area contributed by atoms with Crippen LogP contribution in [0, 0.1) is 11.8 Å². The van der Waals surface area contributed by atoms with Crippen molar-refractivity contribution in [1.29, 1.82) is 0 Å². The molecule has 0 amide bonds. The van der Waals surface area contributed by atoms with Gasteiger partial charge in [-0.1, -0.05) is 75.0 Å². The van der Waals surface area contributed by atoms with E-state index >= 15 is 0 Å². The van der Waals surface area contributed by atoms with Gasteiger partial charge in [0.05, 0.1) is 0 Å². The molecule has 0 unspecified atom stereocenters. The lowest BCUT2D eigenvalue weighted by molar-refractivity contribution is 0.0106. The van der Waals surface area contributed by atoms with Crippen LogP contribution in [0.3, 0.4) is 0 Å². The van der Waals surface area contributed by atoms with Gasteiger partial charge in [0.15, 0.2) is 0 Å². The van der Waals surface area contributed by atoms with E-state index in [1.165, 1.54) is 17.2 Å². The molecular weight excluding hydrogens is 656 g/mol. The molecular formula is C44H60O8. The highest BCUT2D eigenvalue weighted by molar-refractivity contribution is 5.94. The Morgan fingerprint density at radius 3 is 1.81 bits per heavy atom. The molecule has 0 radical (unpaired) electrons. The van der Waals surface area contributed by atoms with Crippen molar-refractivity contribution in [1.82, 2.24) is 0 Å². The third-order valence-electron chi connectivity index (χ3n) is 11.4. The normalized spacial score (nSPS) is 21.7. The third kappa shape index (κ3) is 8.70. The summed E-state index contributed by atoms with van der Waals surface area (Å²) in [5.41, 5.74) is 5.21. The average molecular weight is 717 g/mol. The van der Waals surface area contributed by atoms with E-state index in [0.717, 1.165) is 69.8 Å². The summed E-state index contributed by atoms with van der Waals surface area (Å²) < 4.78 is 6.30. The topological polar surface area (TPSA) is 145 Å². The number of hydrogen-bond acceptors (Lipinski definition) is 6. The van der Waals surface area contributed by atoms with Crippen molar-refractivity contribution in [3.8, 4) is 23.0 Å². The van der Waals surface area contributed by atoms with Crippen LogP contribution in [-0.2, 0) is 12.8 Å². The second-order valence-corrected chi connectivity index (χ2v) is 15.8. The van der Waals surface area contributed by atoms with Gasteiger partial charge in [-0.05, 0) is 115 Å². The van der Waals surface area contributed by atoms with Crippen molar-refractivity contribution in [2.24, 2.45) is 11.8 Å². The molecule has 5 N–H and O–H groups in total. The van der Waals surface area contributed by atoms with Gasteiger partial charge >= 0.3 is 11.9 Å². The Labute approximate surface area is 309 Å². The van der Waals surface area contributed by atoms with Gasteiger partial charge in [0.25, 0.3) is 0 Å². The zero-order chi connectivity index (χ0) is 38.5. The summed E-state index contributed by atoms with van der Waals surface area (Å²) in [5, 5.41) is 51.8. The van der Waals surface area contributed by atoms with Gasteiger partial charge in [-0.2, -0.15) is 0 Å². The van der Waals surface area contributed by atoms with Gasteiger partial charge in [-0.3, -0.25) is 0 Å². The van der Waals surface area contributed by atoms with E-state index in [-0.39, 0.29) is 57.6 Å². The van der Waals surface area contributed by atoms with Crippen molar-refractivity contribution in [2.45, 2.75) is 143 Å². The number of allylic oxidation sites excluding steroid dienone is 5. The van der Waals surface area contributed by atoms with E-state index < -0.39 is 11.9 Å². The zero-order valence-electron chi connectivity index (χ0n) is 32.3. The van der Waals surface area contributed by atoms with Crippen molar-refractivity contribution >= 4 is 11.9 Å². The predicted molar refractivity (Wildman–Crippen MR) is 206 cm³/mol. The molecule has 2 aliphatic carbocycles. The van der Waals surface area contributed by atoms with Gasteiger partial charge in [0, 0.05) is 28.9 Å². The van der Waals surface area contributed by atoms with Crippen LogP contribution in [0.15, 0.2) is 47.6 Å².